The predicted octanol–water partition coefficient (Wildman–Crippen LogP) is 2.08. The Morgan fingerprint density at radius 1 is 1.39 bits per heavy atom. The van der Waals surface area contributed by atoms with Crippen LogP contribution in [-0.2, 0) is 9.84 Å². The summed E-state index contributed by atoms with van der Waals surface area (Å²) in [5, 5.41) is 3.48. The van der Waals surface area contributed by atoms with Crippen molar-refractivity contribution in [3.05, 3.63) is 24.3 Å². The molecule has 1 heterocycles. The molecule has 1 saturated heterocycles. The first-order valence-corrected chi connectivity index (χ1v) is 10.1. The molecule has 1 aliphatic heterocycles. The normalized spacial score (nSPS) is 20.3. The van der Waals surface area contributed by atoms with Crippen molar-refractivity contribution in [3.63, 3.8) is 0 Å². The summed E-state index contributed by atoms with van der Waals surface area (Å²) in [6.45, 7) is 5.53. The quantitative estimate of drug-likeness (QED) is 0.823. The summed E-state index contributed by atoms with van der Waals surface area (Å²) in [5.74, 6) is 1.29. The maximum atomic E-state index is 11.8. The van der Waals surface area contributed by atoms with E-state index in [1.54, 1.807) is 14.0 Å². The number of hydrogen-bond acceptors (Lipinski definition) is 5. The molecule has 2 rings (SSSR count). The van der Waals surface area contributed by atoms with Crippen molar-refractivity contribution in [3.8, 4) is 5.75 Å². The Labute approximate surface area is 139 Å². The Morgan fingerprint density at radius 3 is 2.83 bits per heavy atom. The Hall–Kier alpha value is -1.27. The number of methoxy groups -OCH3 is 1. The minimum atomic E-state index is -2.94. The Bertz CT molecular complexity index is 604. The van der Waals surface area contributed by atoms with Gasteiger partial charge in [0.2, 0.25) is 0 Å². The van der Waals surface area contributed by atoms with Gasteiger partial charge < -0.3 is 15.0 Å². The van der Waals surface area contributed by atoms with E-state index in [0.29, 0.717) is 6.04 Å². The fraction of sp³-hybridized carbons (Fsp3) is 0.647. The minimum absolute atomic E-state index is 0.0254. The van der Waals surface area contributed by atoms with Gasteiger partial charge in [-0.05, 0) is 31.9 Å². The second-order valence-electron chi connectivity index (χ2n) is 6.22. The molecule has 0 spiro atoms. The van der Waals surface area contributed by atoms with Crippen molar-refractivity contribution < 1.29 is 13.2 Å². The van der Waals surface area contributed by atoms with E-state index in [1.807, 2.05) is 25.1 Å². The second-order valence-corrected chi connectivity index (χ2v) is 8.62. The number of nitrogens with zero attached hydrogens (tertiary/aromatic N) is 1. The smallest absolute Gasteiger partial charge is 0.151 e. The molecule has 0 bridgehead atoms. The molecule has 1 fully saturated rings. The lowest BCUT2D eigenvalue weighted by atomic mass is 10.0. The van der Waals surface area contributed by atoms with Crippen molar-refractivity contribution in [2.24, 2.45) is 0 Å². The van der Waals surface area contributed by atoms with E-state index in [2.05, 4.69) is 16.3 Å². The number of para-hydroxylation sites is 2. The van der Waals surface area contributed by atoms with Crippen LogP contribution in [0.5, 0.6) is 5.75 Å². The lowest BCUT2D eigenvalue weighted by Crippen LogP contribution is -2.50. The molecule has 0 aliphatic carbocycles. The summed E-state index contributed by atoms with van der Waals surface area (Å²) in [5.41, 5.74) is 1.11. The fourth-order valence-corrected chi connectivity index (χ4v) is 4.27. The molecule has 0 aromatic heterocycles. The van der Waals surface area contributed by atoms with Crippen molar-refractivity contribution in [1.29, 1.82) is 0 Å². The molecule has 2 atom stereocenters. The largest absolute Gasteiger partial charge is 0.495 e. The van der Waals surface area contributed by atoms with Gasteiger partial charge in [0.15, 0.2) is 9.84 Å². The third-order valence-corrected chi connectivity index (χ3v) is 6.20. The zero-order valence-corrected chi connectivity index (χ0v) is 15.1. The number of sulfone groups is 1. The zero-order valence-electron chi connectivity index (χ0n) is 14.3. The second kappa shape index (κ2) is 8.02. The van der Waals surface area contributed by atoms with E-state index in [1.165, 1.54) is 0 Å². The summed E-state index contributed by atoms with van der Waals surface area (Å²) in [7, 11) is -1.25. The molecule has 5 nitrogen and oxygen atoms in total. The molecule has 0 unspecified atom stereocenters. The van der Waals surface area contributed by atoms with Crippen molar-refractivity contribution in [2.45, 2.75) is 38.8 Å². The maximum absolute atomic E-state index is 11.8. The van der Waals surface area contributed by atoms with Gasteiger partial charge in [-0.15, -0.1) is 0 Å². The lowest BCUT2D eigenvalue weighted by Gasteiger charge is -2.36. The van der Waals surface area contributed by atoms with Gasteiger partial charge in [-0.2, -0.15) is 0 Å². The van der Waals surface area contributed by atoms with Gasteiger partial charge in [0.05, 0.1) is 18.6 Å². The fourth-order valence-electron chi connectivity index (χ4n) is 3.17. The van der Waals surface area contributed by atoms with Crippen LogP contribution < -0.4 is 15.0 Å². The van der Waals surface area contributed by atoms with E-state index in [4.69, 9.17) is 4.74 Å². The molecule has 1 aromatic rings. The Balaban J connectivity index is 1.98. The molecule has 6 heteroatoms. The van der Waals surface area contributed by atoms with Crippen LogP contribution in [0.4, 0.5) is 5.69 Å². The average Bonchev–Trinajstić information content (AvgIpc) is 2.54. The molecule has 1 aliphatic rings. The SMILES string of the molecule is CCS(=O)(=O)C[C@H](C)N[C@H]1CCCN(c2ccccc2OC)C1. The number of benzene rings is 1. The maximum Gasteiger partial charge on any atom is 0.151 e. The van der Waals surface area contributed by atoms with Gasteiger partial charge in [0, 0.05) is 30.9 Å². The minimum Gasteiger partial charge on any atom is -0.495 e. The number of hydrogen-bond donors (Lipinski definition) is 1. The van der Waals surface area contributed by atoms with Crippen LogP contribution in [0.3, 0.4) is 0 Å². The van der Waals surface area contributed by atoms with Gasteiger partial charge in [-0.25, -0.2) is 8.42 Å². The van der Waals surface area contributed by atoms with Crippen LogP contribution >= 0.6 is 0 Å². The monoisotopic (exact) mass is 340 g/mol. The number of anilines is 1. The van der Waals surface area contributed by atoms with Gasteiger partial charge >= 0.3 is 0 Å². The van der Waals surface area contributed by atoms with Crippen LogP contribution in [0.15, 0.2) is 24.3 Å². The Kier molecular flexibility index (Phi) is 6.30. The third-order valence-electron chi connectivity index (χ3n) is 4.31. The topological polar surface area (TPSA) is 58.6 Å². The van der Waals surface area contributed by atoms with Crippen LogP contribution in [0, 0.1) is 0 Å². The summed E-state index contributed by atoms with van der Waals surface area (Å²) in [4.78, 5) is 2.32. The third kappa shape index (κ3) is 5.11. The number of rotatable bonds is 7. The molecule has 1 N–H and O–H groups in total. The summed E-state index contributed by atoms with van der Waals surface area (Å²) >= 11 is 0. The molecule has 1 aromatic carbocycles. The standard InChI is InChI=1S/C17H28N2O3S/c1-4-23(20,21)13-14(2)18-15-8-7-11-19(12-15)16-9-5-6-10-17(16)22-3/h5-6,9-10,14-15,18H,4,7-8,11-13H2,1-3H3/t14-,15-/m0/s1. The van der Waals surface area contributed by atoms with Gasteiger partial charge in [-0.3, -0.25) is 0 Å². The summed E-state index contributed by atoms with van der Waals surface area (Å²) in [6.07, 6.45) is 2.16. The predicted molar refractivity (Wildman–Crippen MR) is 95.2 cm³/mol. The summed E-state index contributed by atoms with van der Waals surface area (Å²) in [6, 6.07) is 8.32. The van der Waals surface area contributed by atoms with E-state index >= 15 is 0 Å². The highest BCUT2D eigenvalue weighted by atomic mass is 32.2. The summed E-state index contributed by atoms with van der Waals surface area (Å²) < 4.78 is 29.0. The molecule has 23 heavy (non-hydrogen) atoms. The van der Waals surface area contributed by atoms with Gasteiger partial charge in [0.1, 0.15) is 5.75 Å². The first-order chi connectivity index (χ1) is 10.9. The lowest BCUT2D eigenvalue weighted by molar-refractivity contribution is 0.385. The van der Waals surface area contributed by atoms with Crippen LogP contribution in [-0.4, -0.2) is 52.2 Å². The molecular formula is C17H28N2O3S. The number of nitrogens with one attached hydrogen (secondary N) is 1. The molecule has 0 amide bonds. The molecule has 0 radical (unpaired) electrons. The van der Waals surface area contributed by atoms with Crippen molar-refractivity contribution >= 4 is 15.5 Å². The highest BCUT2D eigenvalue weighted by Crippen LogP contribution is 2.29. The average molecular weight is 340 g/mol. The van der Waals surface area contributed by atoms with E-state index < -0.39 is 9.84 Å². The highest BCUT2D eigenvalue weighted by molar-refractivity contribution is 7.91. The molecule has 130 valence electrons. The van der Waals surface area contributed by atoms with Crippen molar-refractivity contribution in [1.82, 2.24) is 5.32 Å². The highest BCUT2D eigenvalue weighted by Gasteiger charge is 2.24. The van der Waals surface area contributed by atoms with Crippen molar-refractivity contribution in [2.75, 3.05) is 36.6 Å². The number of ether oxygens (including phenoxy) is 1. The van der Waals surface area contributed by atoms with Crippen LogP contribution in [0.25, 0.3) is 0 Å². The number of piperidine rings is 1. The first-order valence-electron chi connectivity index (χ1n) is 8.29. The van der Waals surface area contributed by atoms with E-state index in [-0.39, 0.29) is 17.5 Å². The van der Waals surface area contributed by atoms with Crippen LogP contribution in [0.1, 0.15) is 26.7 Å². The Morgan fingerprint density at radius 2 is 2.13 bits per heavy atom. The molecular weight excluding hydrogens is 312 g/mol. The first kappa shape index (κ1) is 18.1. The zero-order chi connectivity index (χ0) is 16.9. The van der Waals surface area contributed by atoms with Gasteiger partial charge in [-0.1, -0.05) is 19.1 Å². The van der Waals surface area contributed by atoms with E-state index in [9.17, 15) is 8.42 Å². The van der Waals surface area contributed by atoms with E-state index in [0.717, 1.165) is 37.4 Å². The molecule has 0 saturated carbocycles. The van der Waals surface area contributed by atoms with Crippen LogP contribution in [0.2, 0.25) is 0 Å². The van der Waals surface area contributed by atoms with Gasteiger partial charge in [0.25, 0.3) is 0 Å².